The Labute approximate surface area is 249 Å². The summed E-state index contributed by atoms with van der Waals surface area (Å²) < 4.78 is 39.3. The molecule has 44 heavy (non-hydrogen) atoms. The summed E-state index contributed by atoms with van der Waals surface area (Å²) in [5, 5.41) is 91.7. The number of aliphatic hydroxyl groups is 7. The molecule has 2 fully saturated rings. The molecule has 16 heteroatoms. The number of methoxy groups -OCH3 is 2. The van der Waals surface area contributed by atoms with E-state index in [2.05, 4.69) is 0 Å². The van der Waals surface area contributed by atoms with Gasteiger partial charge in [0.2, 0.25) is 24.1 Å². The maximum Gasteiger partial charge on any atom is 0.402 e. The Kier molecular flexibility index (Phi) is 9.17. The van der Waals surface area contributed by atoms with E-state index >= 15 is 0 Å². The lowest BCUT2D eigenvalue weighted by Gasteiger charge is -2.39. The van der Waals surface area contributed by atoms with E-state index < -0.39 is 68.5 Å². The van der Waals surface area contributed by atoms with Crippen LogP contribution >= 0.6 is 0 Å². The van der Waals surface area contributed by atoms with E-state index in [4.69, 9.17) is 32.8 Å². The lowest BCUT2D eigenvalue weighted by Crippen LogP contribution is -2.60. The molecule has 2 aliphatic heterocycles. The first-order chi connectivity index (χ1) is 21.0. The van der Waals surface area contributed by atoms with Crippen LogP contribution in [0.4, 0.5) is 0 Å². The third kappa shape index (κ3) is 5.74. The standard InChI is InChI=1S/C28H32O16/c1-38-15-3-10(4-16(39-2)20(15)32)26-17(42-27-24(36)22(34)19(9-30)44-27)7-12-13(40-26)5-11(31)6-14(12)41-28-25(37)23(35)21(33)18(8-29)43-28/h3-7,18-19,21-25,27-30,33-37H,8-9H2,1-2H3,(H-,31,32)/p+1/t18-,19-,21-,22-,23+,24+,25-,27+,28-/m1/s1. The van der Waals surface area contributed by atoms with E-state index in [0.717, 1.165) is 6.07 Å². The monoisotopic (exact) mass is 625 g/mol. The van der Waals surface area contributed by atoms with Gasteiger partial charge in [-0.15, -0.1) is 0 Å². The molecular formula is C28H33O16+. The van der Waals surface area contributed by atoms with Crippen LogP contribution < -0.4 is 18.9 Å². The van der Waals surface area contributed by atoms with Crippen molar-refractivity contribution in [2.45, 2.75) is 55.3 Å². The average molecular weight is 626 g/mol. The molecule has 9 N–H and O–H groups in total. The molecule has 1 aromatic heterocycles. The SMILES string of the molecule is COc1cc(-c2[o+]c3cc(O)cc(O[C@@H]4O[C@H](CO)[C@@H](O)[C@H](O)[C@H]4O)c3cc2O[C@H]2O[C@H](CO)[C@@H](O)[C@@H]2O)cc(OC)c1O. The topological polar surface area (TPSA) is 249 Å². The van der Waals surface area contributed by atoms with E-state index in [9.17, 15) is 46.0 Å². The molecule has 0 radical (unpaired) electrons. The summed E-state index contributed by atoms with van der Waals surface area (Å²) in [7, 11) is 2.63. The van der Waals surface area contributed by atoms with Crippen LogP contribution in [0.1, 0.15) is 0 Å². The molecule has 0 unspecified atom stereocenters. The van der Waals surface area contributed by atoms with Crippen molar-refractivity contribution < 1.29 is 78.8 Å². The average Bonchev–Trinajstić information content (AvgIpc) is 3.29. The number of ether oxygens (including phenoxy) is 6. The first kappa shape index (κ1) is 31.7. The highest BCUT2D eigenvalue weighted by Crippen LogP contribution is 2.46. The van der Waals surface area contributed by atoms with Gasteiger partial charge in [-0.1, -0.05) is 0 Å². The largest absolute Gasteiger partial charge is 0.507 e. The quantitative estimate of drug-likeness (QED) is 0.127. The van der Waals surface area contributed by atoms with Crippen molar-refractivity contribution >= 4 is 11.0 Å². The minimum atomic E-state index is -1.77. The maximum absolute atomic E-state index is 10.5. The predicted molar refractivity (Wildman–Crippen MR) is 145 cm³/mol. The summed E-state index contributed by atoms with van der Waals surface area (Å²) in [6, 6.07) is 6.50. The van der Waals surface area contributed by atoms with Crippen LogP contribution in [-0.2, 0) is 9.47 Å². The van der Waals surface area contributed by atoms with Crippen LogP contribution in [0, 0.1) is 0 Å². The lowest BCUT2D eigenvalue weighted by molar-refractivity contribution is -0.277. The molecule has 0 amide bonds. The van der Waals surface area contributed by atoms with Gasteiger partial charge in [0.1, 0.15) is 59.6 Å². The van der Waals surface area contributed by atoms with E-state index in [-0.39, 0.29) is 56.8 Å². The van der Waals surface area contributed by atoms with Gasteiger partial charge in [0.05, 0.1) is 39.1 Å². The van der Waals surface area contributed by atoms with Crippen molar-refractivity contribution in [1.29, 1.82) is 0 Å². The number of aromatic hydroxyl groups is 2. The van der Waals surface area contributed by atoms with Crippen LogP contribution in [0.15, 0.2) is 34.7 Å². The Hall–Kier alpha value is -3.71. The Balaban J connectivity index is 1.64. The van der Waals surface area contributed by atoms with Gasteiger partial charge >= 0.3 is 11.3 Å². The summed E-state index contributed by atoms with van der Waals surface area (Å²) in [6.07, 6.45) is -13.8. The van der Waals surface area contributed by atoms with Gasteiger partial charge in [-0.25, -0.2) is 4.42 Å². The molecule has 2 saturated heterocycles. The first-order valence-corrected chi connectivity index (χ1v) is 13.4. The van der Waals surface area contributed by atoms with Gasteiger partial charge in [0.15, 0.2) is 11.5 Å². The van der Waals surface area contributed by atoms with Crippen molar-refractivity contribution in [3.63, 3.8) is 0 Å². The second-order valence-corrected chi connectivity index (χ2v) is 10.2. The van der Waals surface area contributed by atoms with Gasteiger partial charge in [-0.2, -0.15) is 0 Å². The van der Waals surface area contributed by atoms with Crippen molar-refractivity contribution in [3.05, 3.63) is 30.3 Å². The molecule has 240 valence electrons. The van der Waals surface area contributed by atoms with Gasteiger partial charge in [-0.05, 0) is 0 Å². The van der Waals surface area contributed by atoms with Gasteiger partial charge in [-0.3, -0.25) is 0 Å². The smallest absolute Gasteiger partial charge is 0.402 e. The van der Waals surface area contributed by atoms with Crippen LogP contribution in [0.25, 0.3) is 22.3 Å². The Bertz CT molecular complexity index is 1450. The number of aliphatic hydroxyl groups excluding tert-OH is 7. The Morgan fingerprint density at radius 2 is 1.18 bits per heavy atom. The second kappa shape index (κ2) is 12.7. The van der Waals surface area contributed by atoms with E-state index in [1.165, 1.54) is 38.5 Å². The van der Waals surface area contributed by atoms with Crippen molar-refractivity contribution in [2.24, 2.45) is 0 Å². The predicted octanol–water partition coefficient (Wildman–Crippen LogP) is -1.19. The highest BCUT2D eigenvalue weighted by Gasteiger charge is 2.46. The van der Waals surface area contributed by atoms with Crippen molar-refractivity contribution in [1.82, 2.24) is 0 Å². The maximum atomic E-state index is 10.5. The fraction of sp³-hybridized carbons (Fsp3) is 0.464. The fourth-order valence-electron chi connectivity index (χ4n) is 4.96. The normalized spacial score (nSPS) is 30.3. The molecule has 0 spiro atoms. The zero-order chi connectivity index (χ0) is 31.9. The van der Waals surface area contributed by atoms with E-state index in [0.29, 0.717) is 0 Å². The van der Waals surface area contributed by atoms with Crippen LogP contribution in [-0.4, -0.2) is 129 Å². The molecule has 0 saturated carbocycles. The molecular weight excluding hydrogens is 592 g/mol. The van der Waals surface area contributed by atoms with Crippen LogP contribution in [0.5, 0.6) is 34.5 Å². The van der Waals surface area contributed by atoms with Crippen LogP contribution in [0.3, 0.4) is 0 Å². The van der Waals surface area contributed by atoms with E-state index in [1.807, 2.05) is 0 Å². The number of hydrogen-bond acceptors (Lipinski definition) is 15. The number of hydrogen-bond donors (Lipinski definition) is 9. The summed E-state index contributed by atoms with van der Waals surface area (Å²) in [4.78, 5) is 0. The Morgan fingerprint density at radius 3 is 1.73 bits per heavy atom. The third-order valence-corrected chi connectivity index (χ3v) is 7.38. The molecule has 0 bridgehead atoms. The summed E-state index contributed by atoms with van der Waals surface area (Å²) in [5.41, 5.74) is 0.207. The first-order valence-electron chi connectivity index (χ1n) is 13.4. The van der Waals surface area contributed by atoms with Crippen molar-refractivity contribution in [2.75, 3.05) is 27.4 Å². The second-order valence-electron chi connectivity index (χ2n) is 10.2. The molecule has 9 atom stereocenters. The number of benzene rings is 2. The number of phenolic OH excluding ortho intramolecular Hbond substituents is 2. The van der Waals surface area contributed by atoms with Gasteiger partial charge in [0.25, 0.3) is 0 Å². The lowest BCUT2D eigenvalue weighted by atomic mass is 9.99. The number of rotatable bonds is 9. The summed E-state index contributed by atoms with van der Waals surface area (Å²) in [5.74, 6) is -1.02. The van der Waals surface area contributed by atoms with Crippen molar-refractivity contribution in [3.8, 4) is 45.8 Å². The Morgan fingerprint density at radius 1 is 0.659 bits per heavy atom. The highest BCUT2D eigenvalue weighted by atomic mass is 16.7. The molecule has 3 aromatic rings. The van der Waals surface area contributed by atoms with Gasteiger partial charge < -0.3 is 74.4 Å². The molecule has 5 rings (SSSR count). The third-order valence-electron chi connectivity index (χ3n) is 7.38. The molecule has 16 nitrogen and oxygen atoms in total. The molecule has 2 aliphatic rings. The fourth-order valence-corrected chi connectivity index (χ4v) is 4.96. The zero-order valence-corrected chi connectivity index (χ0v) is 23.4. The van der Waals surface area contributed by atoms with Crippen LogP contribution in [0.2, 0.25) is 0 Å². The number of phenols is 2. The highest BCUT2D eigenvalue weighted by molar-refractivity contribution is 5.89. The minimum absolute atomic E-state index is 0.00364. The molecule has 3 heterocycles. The van der Waals surface area contributed by atoms with Gasteiger partial charge in [0, 0.05) is 24.3 Å². The number of fused-ring (bicyclic) bond motifs is 1. The van der Waals surface area contributed by atoms with E-state index in [1.54, 1.807) is 0 Å². The molecule has 0 aliphatic carbocycles. The summed E-state index contributed by atoms with van der Waals surface area (Å²) in [6.45, 7) is -1.32. The molecule has 2 aromatic carbocycles. The minimum Gasteiger partial charge on any atom is -0.507 e. The summed E-state index contributed by atoms with van der Waals surface area (Å²) >= 11 is 0. The zero-order valence-electron chi connectivity index (χ0n) is 23.4.